The summed E-state index contributed by atoms with van der Waals surface area (Å²) < 4.78 is 18.1. The quantitative estimate of drug-likeness (QED) is 0.172. The van der Waals surface area contributed by atoms with Gasteiger partial charge >= 0.3 is 0 Å². The molecule has 0 saturated heterocycles. The van der Waals surface area contributed by atoms with Gasteiger partial charge in [0.05, 0.1) is 32.3 Å². The number of hydrogen-bond acceptors (Lipinski definition) is 9. The number of nitrogens with zero attached hydrogens (tertiary/aromatic N) is 5. The van der Waals surface area contributed by atoms with Gasteiger partial charge in [0.1, 0.15) is 5.75 Å². The normalized spacial score (nSPS) is 11.2. The number of carbonyl (C=O) groups is 1. The molecule has 4 rings (SSSR count). The van der Waals surface area contributed by atoms with E-state index in [2.05, 4.69) is 25.7 Å². The first-order valence-corrected chi connectivity index (χ1v) is 12.8. The molecule has 2 heterocycles. The zero-order valence-corrected chi connectivity index (χ0v) is 22.4. The van der Waals surface area contributed by atoms with Gasteiger partial charge in [0, 0.05) is 29.2 Å². The van der Waals surface area contributed by atoms with E-state index in [1.54, 1.807) is 45.7 Å². The van der Waals surface area contributed by atoms with Crippen LogP contribution in [0.1, 0.15) is 19.4 Å². The number of nitrogens with one attached hydrogen (secondary N) is 1. The fourth-order valence-electron chi connectivity index (χ4n) is 3.57. The van der Waals surface area contributed by atoms with E-state index in [-0.39, 0.29) is 11.7 Å². The summed E-state index contributed by atoms with van der Waals surface area (Å²) in [5, 5.41) is 13.5. The van der Waals surface area contributed by atoms with Crippen LogP contribution in [0.15, 0.2) is 77.2 Å². The zero-order valence-electron chi connectivity index (χ0n) is 21.5. The number of aromatic nitrogens is 4. The number of ether oxygens (including phenoxy) is 3. The Bertz CT molecular complexity index is 1410. The molecule has 196 valence electrons. The molecule has 0 bridgehead atoms. The largest absolute Gasteiger partial charge is 0.494 e. The van der Waals surface area contributed by atoms with Crippen molar-refractivity contribution < 1.29 is 19.0 Å². The number of hydrogen-bond donors (Lipinski definition) is 1. The highest BCUT2D eigenvalue weighted by Gasteiger charge is 2.18. The third-order valence-electron chi connectivity index (χ3n) is 5.44. The third kappa shape index (κ3) is 6.30. The molecule has 0 saturated carbocycles. The van der Waals surface area contributed by atoms with E-state index in [9.17, 15) is 4.79 Å². The minimum Gasteiger partial charge on any atom is -0.494 e. The van der Waals surface area contributed by atoms with E-state index in [0.717, 1.165) is 22.6 Å². The second kappa shape index (κ2) is 12.7. The highest BCUT2D eigenvalue weighted by molar-refractivity contribution is 7.99. The first-order chi connectivity index (χ1) is 18.5. The van der Waals surface area contributed by atoms with Crippen molar-refractivity contribution >= 4 is 23.4 Å². The van der Waals surface area contributed by atoms with Crippen molar-refractivity contribution in [1.29, 1.82) is 0 Å². The molecule has 0 aliphatic carbocycles. The first kappa shape index (κ1) is 26.7. The van der Waals surface area contributed by atoms with Crippen LogP contribution in [-0.2, 0) is 4.79 Å². The summed E-state index contributed by atoms with van der Waals surface area (Å²) in [5.41, 5.74) is 5.67. The lowest BCUT2D eigenvalue weighted by Crippen LogP contribution is -2.21. The lowest BCUT2D eigenvalue weighted by atomic mass is 10.1. The van der Waals surface area contributed by atoms with Gasteiger partial charge in [0.25, 0.3) is 5.91 Å². The van der Waals surface area contributed by atoms with Crippen molar-refractivity contribution in [2.24, 2.45) is 5.10 Å². The van der Waals surface area contributed by atoms with E-state index < -0.39 is 0 Å². The minimum absolute atomic E-state index is 0.0882. The summed E-state index contributed by atoms with van der Waals surface area (Å²) in [5.74, 6) is 2.39. The zero-order chi connectivity index (χ0) is 26.9. The van der Waals surface area contributed by atoms with E-state index in [1.165, 1.54) is 11.8 Å². The van der Waals surface area contributed by atoms with Crippen LogP contribution in [0.2, 0.25) is 0 Å². The summed E-state index contributed by atoms with van der Waals surface area (Å²) in [6.07, 6.45) is 3.42. The Kier molecular flexibility index (Phi) is 8.94. The molecular formula is C27H28N6O4S. The van der Waals surface area contributed by atoms with Gasteiger partial charge in [-0.1, -0.05) is 11.8 Å². The molecule has 2 aromatic heterocycles. The topological polar surface area (TPSA) is 113 Å². The molecule has 38 heavy (non-hydrogen) atoms. The van der Waals surface area contributed by atoms with E-state index in [1.807, 2.05) is 54.0 Å². The molecule has 0 fully saturated rings. The van der Waals surface area contributed by atoms with Crippen LogP contribution in [0.25, 0.3) is 17.1 Å². The monoisotopic (exact) mass is 532 g/mol. The smallest absolute Gasteiger partial charge is 0.250 e. The number of amides is 1. The van der Waals surface area contributed by atoms with Gasteiger partial charge in [-0.2, -0.15) is 5.10 Å². The average Bonchev–Trinajstić information content (AvgIpc) is 3.39. The van der Waals surface area contributed by atoms with Crippen molar-refractivity contribution in [2.75, 3.05) is 26.6 Å². The molecule has 0 aliphatic rings. The summed E-state index contributed by atoms with van der Waals surface area (Å²) >= 11 is 1.26. The molecule has 0 atom stereocenters. The van der Waals surface area contributed by atoms with E-state index in [4.69, 9.17) is 14.2 Å². The number of benzene rings is 2. The minimum atomic E-state index is -0.279. The number of pyridine rings is 1. The fourth-order valence-corrected chi connectivity index (χ4v) is 4.31. The second-order valence-electron chi connectivity index (χ2n) is 7.90. The van der Waals surface area contributed by atoms with Gasteiger partial charge in [-0.25, -0.2) is 5.43 Å². The van der Waals surface area contributed by atoms with Gasteiger partial charge in [-0.05, 0) is 68.4 Å². The number of carbonyl (C=O) groups excluding carboxylic acids is 1. The van der Waals surface area contributed by atoms with Crippen molar-refractivity contribution in [3.05, 3.63) is 72.6 Å². The molecule has 0 radical (unpaired) electrons. The molecule has 10 nitrogen and oxygen atoms in total. The second-order valence-corrected chi connectivity index (χ2v) is 8.84. The molecule has 1 N–H and O–H groups in total. The molecule has 11 heteroatoms. The summed E-state index contributed by atoms with van der Waals surface area (Å²) in [6, 6.07) is 16.8. The number of methoxy groups -OCH3 is 2. The third-order valence-corrected chi connectivity index (χ3v) is 6.37. The maximum Gasteiger partial charge on any atom is 0.250 e. The summed E-state index contributed by atoms with van der Waals surface area (Å²) in [6.45, 7) is 4.32. The number of rotatable bonds is 11. The molecule has 0 spiro atoms. The first-order valence-electron chi connectivity index (χ1n) is 11.8. The molecule has 1 amide bonds. The summed E-state index contributed by atoms with van der Waals surface area (Å²) in [7, 11) is 3.14. The Hall–Kier alpha value is -4.38. The van der Waals surface area contributed by atoms with Gasteiger partial charge in [-0.3, -0.25) is 14.3 Å². The molecule has 4 aromatic rings. The average molecular weight is 533 g/mol. The van der Waals surface area contributed by atoms with Crippen LogP contribution in [0.5, 0.6) is 17.2 Å². The lowest BCUT2D eigenvalue weighted by molar-refractivity contribution is -0.118. The highest BCUT2D eigenvalue weighted by Crippen LogP contribution is 2.29. The lowest BCUT2D eigenvalue weighted by Gasteiger charge is -2.11. The van der Waals surface area contributed by atoms with Crippen LogP contribution in [0.3, 0.4) is 0 Å². The van der Waals surface area contributed by atoms with Gasteiger partial charge < -0.3 is 14.2 Å². The maximum absolute atomic E-state index is 12.6. The van der Waals surface area contributed by atoms with Crippen LogP contribution >= 0.6 is 11.8 Å². The highest BCUT2D eigenvalue weighted by atomic mass is 32.2. The van der Waals surface area contributed by atoms with Crippen molar-refractivity contribution in [2.45, 2.75) is 19.0 Å². The Morgan fingerprint density at radius 3 is 2.53 bits per heavy atom. The van der Waals surface area contributed by atoms with E-state index in [0.29, 0.717) is 34.8 Å². The molecule has 2 aromatic carbocycles. The van der Waals surface area contributed by atoms with Crippen LogP contribution in [0.4, 0.5) is 0 Å². The van der Waals surface area contributed by atoms with E-state index >= 15 is 0 Å². The van der Waals surface area contributed by atoms with Crippen molar-refractivity contribution in [3.63, 3.8) is 0 Å². The fraction of sp³-hybridized carbons (Fsp3) is 0.222. The van der Waals surface area contributed by atoms with Gasteiger partial charge in [0.15, 0.2) is 22.5 Å². The standard InChI is InChI=1S/C27H28N6O4S/c1-5-37-22-11-9-21(10-12-22)33-26(20-7-6-14-28-16-20)31-32-27(33)38-17-25(34)30-29-18(2)19-8-13-23(35-3)24(15-19)36-4/h6-16H,5,17H2,1-4H3,(H,30,34)/b29-18+. The molecule has 0 aliphatic heterocycles. The number of thioether (sulfide) groups is 1. The Morgan fingerprint density at radius 1 is 1.05 bits per heavy atom. The number of hydrazone groups is 1. The SMILES string of the molecule is CCOc1ccc(-n2c(SCC(=O)N/N=C(\C)c3ccc(OC)c(OC)c3)nnc2-c2cccnc2)cc1. The maximum atomic E-state index is 12.6. The van der Waals surface area contributed by atoms with Crippen LogP contribution in [-0.4, -0.2) is 57.9 Å². The molecule has 0 unspecified atom stereocenters. The van der Waals surface area contributed by atoms with Crippen molar-refractivity contribution in [3.8, 4) is 34.3 Å². The predicted molar refractivity (Wildman–Crippen MR) is 146 cm³/mol. The Balaban J connectivity index is 1.50. The summed E-state index contributed by atoms with van der Waals surface area (Å²) in [4.78, 5) is 16.9. The van der Waals surface area contributed by atoms with Crippen molar-refractivity contribution in [1.82, 2.24) is 25.2 Å². The Morgan fingerprint density at radius 2 is 1.84 bits per heavy atom. The van der Waals surface area contributed by atoms with Crippen LogP contribution < -0.4 is 19.6 Å². The Labute approximate surface area is 225 Å². The van der Waals surface area contributed by atoms with Gasteiger partial charge in [0.2, 0.25) is 0 Å². The molecular weight excluding hydrogens is 504 g/mol. The predicted octanol–water partition coefficient (Wildman–Crippen LogP) is 4.38. The van der Waals surface area contributed by atoms with Crippen LogP contribution in [0, 0.1) is 0 Å². The van der Waals surface area contributed by atoms with Gasteiger partial charge in [-0.15, -0.1) is 10.2 Å².